The Labute approximate surface area is 230 Å². The molecule has 6 unspecified atom stereocenters. The number of carbonyl (C=O) groups excluding carboxylic acids is 1. The number of hydrogen-bond donors (Lipinski definition) is 0. The van der Waals surface area contributed by atoms with Crippen molar-refractivity contribution in [3.63, 3.8) is 0 Å². The third kappa shape index (κ3) is 6.17. The second-order valence-electron chi connectivity index (χ2n) is 11.7. The van der Waals surface area contributed by atoms with E-state index in [0.29, 0.717) is 25.3 Å². The van der Waals surface area contributed by atoms with Gasteiger partial charge in [-0.05, 0) is 0 Å². The van der Waals surface area contributed by atoms with Crippen molar-refractivity contribution in [1.82, 2.24) is 4.90 Å². The minimum atomic E-state index is -3.28. The molecular weight excluding hydrogens is 640 g/mol. The molecule has 0 radical (unpaired) electrons. The Morgan fingerprint density at radius 3 is 2.09 bits per heavy atom. The van der Waals surface area contributed by atoms with E-state index in [1.54, 1.807) is 0 Å². The molecule has 5 rings (SSSR count). The molecular formula is C27H42INO4SSe. The molecule has 2 aliphatic heterocycles. The monoisotopic (exact) mass is 683 g/mol. The van der Waals surface area contributed by atoms with Crippen LogP contribution in [-0.4, -0.2) is 65.2 Å². The van der Waals surface area contributed by atoms with Crippen molar-refractivity contribution in [2.45, 2.75) is 118 Å². The van der Waals surface area contributed by atoms with E-state index in [0.717, 1.165) is 47.1 Å². The molecule has 2 heterocycles. The first-order valence-corrected chi connectivity index (χ1v) is 20.2. The molecule has 5 fully saturated rings. The molecule has 0 aromatic carbocycles. The summed E-state index contributed by atoms with van der Waals surface area (Å²) >= 11 is 1.87. The van der Waals surface area contributed by atoms with Gasteiger partial charge in [0.2, 0.25) is 0 Å². The third-order valence-corrected chi connectivity index (χ3v) is 15.0. The molecule has 0 N–H and O–H groups in total. The number of likely N-dealkylation sites (tertiary alicyclic amines) is 1. The summed E-state index contributed by atoms with van der Waals surface area (Å²) < 4.78 is 28.5. The molecule has 0 bridgehead atoms. The summed E-state index contributed by atoms with van der Waals surface area (Å²) in [5.74, 6) is 2.10. The standard InChI is InChI=1S/C27H42INO4SSe/c1-33-27(30)19(17-34(28,31)32)16-21-14-15-26(35-21)18-10-12-20(13-11-18)29-24-8-4-2-6-22(24)23-7-3-5-9-25(23)29/h16,18,20-26H,2-15,17H2,1H3/b19-16+. The van der Waals surface area contributed by atoms with Gasteiger partial charge in [-0.25, -0.2) is 0 Å². The van der Waals surface area contributed by atoms with Gasteiger partial charge in [0.15, 0.2) is 0 Å². The number of esters is 1. The van der Waals surface area contributed by atoms with Gasteiger partial charge in [-0.3, -0.25) is 0 Å². The van der Waals surface area contributed by atoms with Crippen molar-refractivity contribution in [2.24, 2.45) is 17.8 Å². The SMILES string of the molecule is COC(=O)/C(=C/C1CCC(C2CCC(N3C4CCCCC4C4CCCCC43)CC2)[Se]1)CS(=O)(=O)I. The number of fused-ring (bicyclic) bond motifs is 3. The van der Waals surface area contributed by atoms with E-state index in [1.165, 1.54) is 112 Å². The second-order valence-corrected chi connectivity index (χ2v) is 20.2. The van der Waals surface area contributed by atoms with Crippen molar-refractivity contribution in [3.8, 4) is 0 Å². The van der Waals surface area contributed by atoms with Crippen LogP contribution in [0.1, 0.15) is 89.9 Å². The van der Waals surface area contributed by atoms with E-state index in [2.05, 4.69) is 4.90 Å². The van der Waals surface area contributed by atoms with Gasteiger partial charge >= 0.3 is 232 Å². The number of nitrogens with zero attached hydrogens (tertiary/aromatic N) is 1. The van der Waals surface area contributed by atoms with Crippen LogP contribution < -0.4 is 0 Å². The zero-order valence-corrected chi connectivity index (χ0v) is 25.8. The molecule has 0 aromatic rings. The topological polar surface area (TPSA) is 63.7 Å². The van der Waals surface area contributed by atoms with E-state index < -0.39 is 13.0 Å². The number of ether oxygens (including phenoxy) is 1. The fourth-order valence-corrected chi connectivity index (χ4v) is 13.7. The summed E-state index contributed by atoms with van der Waals surface area (Å²) in [7, 11) is -1.95. The van der Waals surface area contributed by atoms with Crippen LogP contribution in [0.4, 0.5) is 0 Å². The summed E-state index contributed by atoms with van der Waals surface area (Å²) in [5.41, 5.74) is 0.330. The maximum atomic E-state index is 12.2. The Kier molecular flexibility index (Phi) is 8.96. The molecule has 2 saturated heterocycles. The third-order valence-electron chi connectivity index (χ3n) is 9.82. The van der Waals surface area contributed by atoms with Crippen LogP contribution in [0.15, 0.2) is 11.6 Å². The molecule has 0 amide bonds. The van der Waals surface area contributed by atoms with Crippen LogP contribution in [0.3, 0.4) is 0 Å². The normalized spacial score (nSPS) is 40.8. The van der Waals surface area contributed by atoms with Gasteiger partial charge in [0.05, 0.1) is 0 Å². The molecule has 5 aliphatic rings. The van der Waals surface area contributed by atoms with Crippen molar-refractivity contribution >= 4 is 49.1 Å². The first-order valence-electron chi connectivity index (χ1n) is 14.0. The molecule has 198 valence electrons. The van der Waals surface area contributed by atoms with Crippen molar-refractivity contribution in [3.05, 3.63) is 11.6 Å². The molecule has 5 nitrogen and oxygen atoms in total. The van der Waals surface area contributed by atoms with Gasteiger partial charge in [-0.2, -0.15) is 0 Å². The first kappa shape index (κ1) is 27.0. The molecule has 0 aromatic heterocycles. The van der Waals surface area contributed by atoms with Crippen LogP contribution >= 0.6 is 21.2 Å². The van der Waals surface area contributed by atoms with E-state index in [4.69, 9.17) is 4.74 Å². The number of hydrogen-bond acceptors (Lipinski definition) is 5. The van der Waals surface area contributed by atoms with Crippen molar-refractivity contribution < 1.29 is 17.9 Å². The number of halogens is 1. The maximum absolute atomic E-state index is 12.2. The van der Waals surface area contributed by atoms with Crippen LogP contribution in [-0.2, 0) is 16.5 Å². The Bertz CT molecular complexity index is 881. The first-order chi connectivity index (χ1) is 16.8. The van der Waals surface area contributed by atoms with E-state index >= 15 is 0 Å². The summed E-state index contributed by atoms with van der Waals surface area (Å²) in [6, 6.07) is 2.58. The molecule has 3 aliphatic carbocycles. The van der Waals surface area contributed by atoms with Crippen LogP contribution in [0.5, 0.6) is 0 Å². The molecule has 6 atom stereocenters. The number of allylic oxidation sites excluding steroid dienone is 1. The zero-order valence-electron chi connectivity index (χ0n) is 21.1. The summed E-state index contributed by atoms with van der Waals surface area (Å²) in [5, 5.41) is 0. The number of rotatable bonds is 6. The number of methoxy groups -OCH3 is 1. The summed E-state index contributed by atoms with van der Waals surface area (Å²) in [6.07, 6.45) is 21.5. The average Bonchev–Trinajstić information content (AvgIpc) is 3.45. The molecule has 35 heavy (non-hydrogen) atoms. The Morgan fingerprint density at radius 2 is 1.51 bits per heavy atom. The Balaban J connectivity index is 1.18. The van der Waals surface area contributed by atoms with Crippen molar-refractivity contribution in [2.75, 3.05) is 12.9 Å². The van der Waals surface area contributed by atoms with Gasteiger partial charge in [0, 0.05) is 0 Å². The van der Waals surface area contributed by atoms with E-state index in [-0.39, 0.29) is 5.75 Å². The fraction of sp³-hybridized carbons (Fsp3) is 0.889. The summed E-state index contributed by atoms with van der Waals surface area (Å²) in [4.78, 5) is 16.4. The zero-order chi connectivity index (χ0) is 24.6. The summed E-state index contributed by atoms with van der Waals surface area (Å²) in [6.45, 7) is 0. The molecule has 3 saturated carbocycles. The van der Waals surface area contributed by atoms with Gasteiger partial charge in [-0.1, -0.05) is 0 Å². The van der Waals surface area contributed by atoms with Crippen LogP contribution in [0.25, 0.3) is 0 Å². The van der Waals surface area contributed by atoms with Crippen molar-refractivity contribution in [1.29, 1.82) is 0 Å². The van der Waals surface area contributed by atoms with Crippen LogP contribution in [0.2, 0.25) is 9.63 Å². The quantitative estimate of drug-likeness (QED) is 0.115. The minimum absolute atomic E-state index is 0.219. The molecule has 8 heteroatoms. The second kappa shape index (κ2) is 11.6. The number of carbonyl (C=O) groups is 1. The van der Waals surface area contributed by atoms with E-state index in [9.17, 15) is 13.2 Å². The average molecular weight is 683 g/mol. The Hall–Kier alpha value is 0.369. The van der Waals surface area contributed by atoms with Gasteiger partial charge < -0.3 is 0 Å². The predicted molar refractivity (Wildman–Crippen MR) is 149 cm³/mol. The fourth-order valence-electron chi connectivity index (χ4n) is 8.45. The Morgan fingerprint density at radius 1 is 0.914 bits per heavy atom. The van der Waals surface area contributed by atoms with Gasteiger partial charge in [0.1, 0.15) is 0 Å². The predicted octanol–water partition coefficient (Wildman–Crippen LogP) is 5.92. The van der Waals surface area contributed by atoms with Gasteiger partial charge in [0.25, 0.3) is 0 Å². The molecule has 0 spiro atoms. The van der Waals surface area contributed by atoms with Gasteiger partial charge in [-0.15, -0.1) is 0 Å². The van der Waals surface area contributed by atoms with Crippen LogP contribution in [0, 0.1) is 17.8 Å². The van der Waals surface area contributed by atoms with E-state index in [1.807, 2.05) is 6.08 Å².